The standard InChI is InChI=1S/C10H5Br2F3N2/c11-4-1-5-7(16)3-8(10(13,14)15)17-9(5)6(12)2-4/h1-3H,(H2,16,17). The second kappa shape index (κ2) is 4.13. The summed E-state index contributed by atoms with van der Waals surface area (Å²) in [5, 5.41) is 0.472. The molecule has 0 aliphatic carbocycles. The van der Waals surface area contributed by atoms with Crippen LogP contribution in [0.2, 0.25) is 0 Å². The highest BCUT2D eigenvalue weighted by molar-refractivity contribution is 9.11. The number of anilines is 1. The van der Waals surface area contributed by atoms with E-state index in [0.717, 1.165) is 6.07 Å². The lowest BCUT2D eigenvalue weighted by molar-refractivity contribution is -0.140. The van der Waals surface area contributed by atoms with Crippen molar-refractivity contribution in [2.45, 2.75) is 6.18 Å². The van der Waals surface area contributed by atoms with Crippen molar-refractivity contribution in [2.24, 2.45) is 0 Å². The molecule has 17 heavy (non-hydrogen) atoms. The molecule has 0 aliphatic rings. The number of benzene rings is 1. The Morgan fingerprint density at radius 1 is 1.12 bits per heavy atom. The fraction of sp³-hybridized carbons (Fsp3) is 0.100. The van der Waals surface area contributed by atoms with Crippen LogP contribution in [-0.4, -0.2) is 4.98 Å². The van der Waals surface area contributed by atoms with Gasteiger partial charge in [0.25, 0.3) is 0 Å². The molecule has 7 heteroatoms. The molecule has 2 aromatic rings. The van der Waals surface area contributed by atoms with Crippen LogP contribution < -0.4 is 5.73 Å². The Labute approximate surface area is 111 Å². The first-order valence-corrected chi connectivity index (χ1v) is 6.00. The molecule has 0 radical (unpaired) electrons. The summed E-state index contributed by atoms with van der Waals surface area (Å²) in [5.41, 5.74) is 4.86. The molecular formula is C10H5Br2F3N2. The molecule has 0 atom stereocenters. The van der Waals surface area contributed by atoms with E-state index in [1.807, 2.05) is 0 Å². The Balaban J connectivity index is 2.83. The molecule has 0 aliphatic heterocycles. The Morgan fingerprint density at radius 3 is 2.35 bits per heavy atom. The topological polar surface area (TPSA) is 38.9 Å². The third kappa shape index (κ3) is 2.40. The van der Waals surface area contributed by atoms with E-state index < -0.39 is 11.9 Å². The Kier molecular flexibility index (Phi) is 3.07. The third-order valence-corrected chi connectivity index (χ3v) is 3.22. The summed E-state index contributed by atoms with van der Waals surface area (Å²) >= 11 is 6.41. The van der Waals surface area contributed by atoms with E-state index in [9.17, 15) is 13.2 Å². The van der Waals surface area contributed by atoms with Crippen LogP contribution in [-0.2, 0) is 6.18 Å². The predicted molar refractivity (Wildman–Crippen MR) is 66.6 cm³/mol. The van der Waals surface area contributed by atoms with Gasteiger partial charge < -0.3 is 5.73 Å². The van der Waals surface area contributed by atoms with Crippen LogP contribution in [0.15, 0.2) is 27.1 Å². The van der Waals surface area contributed by atoms with Gasteiger partial charge in [-0.2, -0.15) is 13.2 Å². The van der Waals surface area contributed by atoms with Gasteiger partial charge in [0.2, 0.25) is 0 Å². The highest BCUT2D eigenvalue weighted by Crippen LogP contribution is 2.35. The number of rotatable bonds is 0. The molecule has 0 saturated heterocycles. The molecular weight excluding hydrogens is 365 g/mol. The first-order valence-electron chi connectivity index (χ1n) is 4.41. The molecule has 1 aromatic carbocycles. The molecule has 0 spiro atoms. The van der Waals surface area contributed by atoms with Gasteiger partial charge in [-0.15, -0.1) is 0 Å². The molecule has 90 valence electrons. The number of nitrogens with two attached hydrogens (primary N) is 1. The Hall–Kier alpha value is -0.820. The average molecular weight is 370 g/mol. The SMILES string of the molecule is Nc1cc(C(F)(F)F)nc2c(Br)cc(Br)cc12. The van der Waals surface area contributed by atoms with Crippen LogP contribution in [0.25, 0.3) is 10.9 Å². The van der Waals surface area contributed by atoms with E-state index in [0.29, 0.717) is 14.3 Å². The molecule has 0 unspecified atom stereocenters. The van der Waals surface area contributed by atoms with Crippen LogP contribution in [0, 0.1) is 0 Å². The molecule has 2 rings (SSSR count). The van der Waals surface area contributed by atoms with Crippen molar-refractivity contribution in [1.29, 1.82) is 0 Å². The number of nitrogen functional groups attached to an aromatic ring is 1. The Bertz CT molecular complexity index is 596. The van der Waals surface area contributed by atoms with Crippen LogP contribution in [0.3, 0.4) is 0 Å². The molecule has 0 fully saturated rings. The van der Waals surface area contributed by atoms with E-state index in [-0.39, 0.29) is 11.2 Å². The maximum atomic E-state index is 12.6. The number of fused-ring (bicyclic) bond motifs is 1. The maximum absolute atomic E-state index is 12.6. The largest absolute Gasteiger partial charge is 0.433 e. The number of aromatic nitrogens is 1. The minimum Gasteiger partial charge on any atom is -0.398 e. The lowest BCUT2D eigenvalue weighted by Crippen LogP contribution is -2.09. The summed E-state index contributed by atoms with van der Waals surface area (Å²) in [4.78, 5) is 3.58. The number of hydrogen-bond acceptors (Lipinski definition) is 2. The van der Waals surface area contributed by atoms with E-state index in [2.05, 4.69) is 36.8 Å². The lowest BCUT2D eigenvalue weighted by Gasteiger charge is -2.10. The number of nitrogens with zero attached hydrogens (tertiary/aromatic N) is 1. The van der Waals surface area contributed by atoms with Crippen LogP contribution in [0.4, 0.5) is 18.9 Å². The fourth-order valence-corrected chi connectivity index (χ4v) is 2.74. The van der Waals surface area contributed by atoms with Crippen LogP contribution in [0.5, 0.6) is 0 Å². The maximum Gasteiger partial charge on any atom is 0.433 e. The zero-order chi connectivity index (χ0) is 12.8. The van der Waals surface area contributed by atoms with Crippen molar-refractivity contribution in [2.75, 3.05) is 5.73 Å². The molecule has 2 nitrogen and oxygen atoms in total. The van der Waals surface area contributed by atoms with Gasteiger partial charge >= 0.3 is 6.18 Å². The van der Waals surface area contributed by atoms with Crippen molar-refractivity contribution in [3.63, 3.8) is 0 Å². The van der Waals surface area contributed by atoms with Gasteiger partial charge in [-0.3, -0.25) is 0 Å². The monoisotopic (exact) mass is 368 g/mol. The van der Waals surface area contributed by atoms with E-state index in [4.69, 9.17) is 5.73 Å². The molecule has 1 heterocycles. The van der Waals surface area contributed by atoms with Gasteiger partial charge in [0.1, 0.15) is 5.69 Å². The highest BCUT2D eigenvalue weighted by atomic mass is 79.9. The first-order chi connectivity index (χ1) is 7.79. The van der Waals surface area contributed by atoms with Crippen LogP contribution in [0.1, 0.15) is 5.69 Å². The molecule has 0 saturated carbocycles. The van der Waals surface area contributed by atoms with E-state index in [1.165, 1.54) is 0 Å². The summed E-state index contributed by atoms with van der Waals surface area (Å²) in [6.07, 6.45) is -4.51. The third-order valence-electron chi connectivity index (χ3n) is 2.15. The summed E-state index contributed by atoms with van der Waals surface area (Å²) in [5.74, 6) is 0. The normalized spacial score (nSPS) is 12.1. The van der Waals surface area contributed by atoms with Gasteiger partial charge in [-0.05, 0) is 34.1 Å². The van der Waals surface area contributed by atoms with Gasteiger partial charge in [-0.25, -0.2) is 4.98 Å². The number of hydrogen-bond donors (Lipinski definition) is 1. The van der Waals surface area contributed by atoms with Crippen molar-refractivity contribution in [1.82, 2.24) is 4.98 Å². The summed E-state index contributed by atoms with van der Waals surface area (Å²) in [6, 6.07) is 4.08. The number of alkyl halides is 3. The second-order valence-electron chi connectivity index (χ2n) is 3.38. The van der Waals surface area contributed by atoms with Crippen molar-refractivity contribution >= 4 is 48.5 Å². The number of halogens is 5. The molecule has 1 aromatic heterocycles. The fourth-order valence-electron chi connectivity index (χ4n) is 1.42. The summed E-state index contributed by atoms with van der Waals surface area (Å²) < 4.78 is 38.9. The average Bonchev–Trinajstić information content (AvgIpc) is 2.17. The van der Waals surface area contributed by atoms with Crippen molar-refractivity contribution in [3.8, 4) is 0 Å². The number of pyridine rings is 1. The van der Waals surface area contributed by atoms with E-state index in [1.54, 1.807) is 12.1 Å². The predicted octanol–water partition coefficient (Wildman–Crippen LogP) is 4.36. The van der Waals surface area contributed by atoms with Crippen LogP contribution >= 0.6 is 31.9 Å². The van der Waals surface area contributed by atoms with E-state index >= 15 is 0 Å². The molecule has 0 amide bonds. The molecule has 2 N–H and O–H groups in total. The van der Waals surface area contributed by atoms with Gasteiger partial charge in [0.05, 0.1) is 5.52 Å². The quantitative estimate of drug-likeness (QED) is 0.749. The van der Waals surface area contributed by atoms with Crippen molar-refractivity contribution in [3.05, 3.63) is 32.8 Å². The first kappa shape index (κ1) is 12.6. The lowest BCUT2D eigenvalue weighted by atomic mass is 10.1. The van der Waals surface area contributed by atoms with Gasteiger partial charge in [-0.1, -0.05) is 15.9 Å². The summed E-state index contributed by atoms with van der Waals surface area (Å²) in [6.45, 7) is 0. The zero-order valence-electron chi connectivity index (χ0n) is 8.15. The van der Waals surface area contributed by atoms with Crippen molar-refractivity contribution < 1.29 is 13.2 Å². The van der Waals surface area contributed by atoms with Gasteiger partial charge in [0.15, 0.2) is 0 Å². The minimum absolute atomic E-state index is 0.0457. The summed E-state index contributed by atoms with van der Waals surface area (Å²) in [7, 11) is 0. The zero-order valence-corrected chi connectivity index (χ0v) is 11.3. The smallest absolute Gasteiger partial charge is 0.398 e. The van der Waals surface area contributed by atoms with Gasteiger partial charge in [0, 0.05) is 20.0 Å². The molecule has 0 bridgehead atoms. The Morgan fingerprint density at radius 2 is 1.76 bits per heavy atom. The second-order valence-corrected chi connectivity index (χ2v) is 5.15. The highest BCUT2D eigenvalue weighted by Gasteiger charge is 2.33. The minimum atomic E-state index is -4.51.